The summed E-state index contributed by atoms with van der Waals surface area (Å²) >= 11 is 0. The Morgan fingerprint density at radius 3 is 2.33 bits per heavy atom. The van der Waals surface area contributed by atoms with Gasteiger partial charge in [0, 0.05) is 0 Å². The lowest BCUT2D eigenvalue weighted by molar-refractivity contribution is 0.00578. The number of hydrogen-bond donors (Lipinski definition) is 1. The molecule has 4 rings (SSSR count). The van der Waals surface area contributed by atoms with Crippen LogP contribution in [0.2, 0.25) is 0 Å². The summed E-state index contributed by atoms with van der Waals surface area (Å²) in [6.45, 7) is 9.19. The van der Waals surface area contributed by atoms with Gasteiger partial charge in [-0.1, -0.05) is 6.07 Å². The summed E-state index contributed by atoms with van der Waals surface area (Å²) < 4.78 is 18.3. The fourth-order valence-corrected chi connectivity index (χ4v) is 2.84. The molecule has 21 heavy (non-hydrogen) atoms. The zero-order valence-electron chi connectivity index (χ0n) is 13.2. The number of ether oxygens (including phenoxy) is 1. The second-order valence-electron chi connectivity index (χ2n) is 7.48. The summed E-state index contributed by atoms with van der Waals surface area (Å²) in [4.78, 5) is 0. The highest BCUT2D eigenvalue weighted by Crippen LogP contribution is 2.45. The van der Waals surface area contributed by atoms with E-state index in [9.17, 15) is 0 Å². The van der Waals surface area contributed by atoms with Gasteiger partial charge in [0.25, 0.3) is 0 Å². The Hall–Kier alpha value is -1.20. The van der Waals surface area contributed by atoms with Crippen LogP contribution in [0.25, 0.3) is 0 Å². The van der Waals surface area contributed by atoms with E-state index in [1.807, 2.05) is 12.1 Å². The molecule has 0 aromatic heterocycles. The molecule has 1 N–H and O–H groups in total. The molecule has 3 aliphatic rings. The summed E-state index contributed by atoms with van der Waals surface area (Å²) in [6.07, 6.45) is 2.30. The maximum absolute atomic E-state index is 6.10. The van der Waals surface area contributed by atoms with Crippen LogP contribution in [-0.2, 0) is 9.31 Å². The predicted octanol–water partition coefficient (Wildman–Crippen LogP) is 2.32. The minimum atomic E-state index is -0.320. The van der Waals surface area contributed by atoms with Gasteiger partial charge in [-0.3, -0.25) is 0 Å². The van der Waals surface area contributed by atoms with Gasteiger partial charge in [0.15, 0.2) is 0 Å². The van der Waals surface area contributed by atoms with Crippen molar-refractivity contribution in [3.05, 3.63) is 18.2 Å². The number of hydrogen-bond acceptors (Lipinski definition) is 4. The maximum Gasteiger partial charge on any atom is 0.494 e. The Kier molecular flexibility index (Phi) is 2.54. The van der Waals surface area contributed by atoms with Gasteiger partial charge in [-0.15, -0.1) is 0 Å². The molecule has 1 aromatic carbocycles. The van der Waals surface area contributed by atoms with Crippen molar-refractivity contribution in [2.75, 3.05) is 11.9 Å². The van der Waals surface area contributed by atoms with Crippen molar-refractivity contribution in [3.63, 3.8) is 0 Å². The average Bonchev–Trinajstić information content (AvgIpc) is 3.11. The van der Waals surface area contributed by atoms with Crippen LogP contribution in [0.4, 0.5) is 5.69 Å². The first kappa shape index (κ1) is 13.5. The number of anilines is 1. The van der Waals surface area contributed by atoms with Crippen LogP contribution >= 0.6 is 0 Å². The van der Waals surface area contributed by atoms with Crippen molar-refractivity contribution in [3.8, 4) is 5.75 Å². The van der Waals surface area contributed by atoms with Gasteiger partial charge in [-0.05, 0) is 58.1 Å². The van der Waals surface area contributed by atoms with E-state index in [1.165, 1.54) is 0 Å². The molecule has 0 amide bonds. The Labute approximate surface area is 126 Å². The normalized spacial score (nSPS) is 27.0. The van der Waals surface area contributed by atoms with Crippen LogP contribution in [0.1, 0.15) is 40.5 Å². The second-order valence-corrected chi connectivity index (χ2v) is 7.48. The Balaban J connectivity index is 1.60. The number of rotatable bonds is 1. The average molecular weight is 287 g/mol. The number of fused-ring (bicyclic) bond motifs is 1. The van der Waals surface area contributed by atoms with E-state index < -0.39 is 0 Å². The standard InChI is InChI=1S/C16H22BNO3/c1-14(2)15(3,4)21-17(20-14)11-5-6-13-12(9-11)18-10-16(19-13)7-8-16/h5-6,9,18H,7-8,10H2,1-4H3. The van der Waals surface area contributed by atoms with Crippen LogP contribution in [0.3, 0.4) is 0 Å². The van der Waals surface area contributed by atoms with Gasteiger partial charge < -0.3 is 19.4 Å². The van der Waals surface area contributed by atoms with E-state index in [4.69, 9.17) is 14.0 Å². The quantitative estimate of drug-likeness (QED) is 0.805. The van der Waals surface area contributed by atoms with Gasteiger partial charge >= 0.3 is 7.12 Å². The van der Waals surface area contributed by atoms with E-state index in [0.29, 0.717) is 0 Å². The van der Waals surface area contributed by atoms with Crippen LogP contribution in [-0.4, -0.2) is 30.5 Å². The monoisotopic (exact) mass is 287 g/mol. The van der Waals surface area contributed by atoms with Gasteiger partial charge in [0.1, 0.15) is 11.4 Å². The zero-order valence-corrected chi connectivity index (χ0v) is 13.2. The molecule has 2 aliphatic heterocycles. The zero-order chi connectivity index (χ0) is 14.9. The molecular weight excluding hydrogens is 265 g/mol. The molecule has 4 nitrogen and oxygen atoms in total. The second kappa shape index (κ2) is 3.96. The highest BCUT2D eigenvalue weighted by atomic mass is 16.7. The molecule has 0 bridgehead atoms. The van der Waals surface area contributed by atoms with Crippen molar-refractivity contribution >= 4 is 18.3 Å². The van der Waals surface area contributed by atoms with Gasteiger partial charge in [0.2, 0.25) is 0 Å². The highest BCUT2D eigenvalue weighted by molar-refractivity contribution is 6.62. The van der Waals surface area contributed by atoms with Crippen LogP contribution in [0.15, 0.2) is 18.2 Å². The van der Waals surface area contributed by atoms with Crippen molar-refractivity contribution in [1.82, 2.24) is 0 Å². The van der Waals surface area contributed by atoms with Crippen molar-refractivity contribution in [1.29, 1.82) is 0 Å². The fraction of sp³-hybridized carbons (Fsp3) is 0.625. The Morgan fingerprint density at radius 2 is 1.71 bits per heavy atom. The van der Waals surface area contributed by atoms with Crippen LogP contribution in [0, 0.1) is 0 Å². The smallest absolute Gasteiger partial charge is 0.483 e. The van der Waals surface area contributed by atoms with Crippen molar-refractivity contribution < 1.29 is 14.0 Å². The summed E-state index contributed by atoms with van der Waals surface area (Å²) in [5, 5.41) is 3.48. The first-order valence-electron chi connectivity index (χ1n) is 7.73. The third kappa shape index (κ3) is 2.06. The first-order valence-corrected chi connectivity index (χ1v) is 7.73. The third-order valence-electron chi connectivity index (χ3n) is 5.26. The molecule has 1 saturated carbocycles. The predicted molar refractivity (Wildman–Crippen MR) is 83.2 cm³/mol. The molecule has 0 atom stereocenters. The third-order valence-corrected chi connectivity index (χ3v) is 5.26. The molecule has 2 heterocycles. The summed E-state index contributed by atoms with van der Waals surface area (Å²) in [5.74, 6) is 0.944. The van der Waals surface area contributed by atoms with E-state index in [0.717, 1.165) is 36.3 Å². The summed E-state index contributed by atoms with van der Waals surface area (Å²) in [6, 6.07) is 6.17. The van der Waals surface area contributed by atoms with Gasteiger partial charge in [0.05, 0.1) is 23.4 Å². The molecule has 1 aliphatic carbocycles. The SMILES string of the molecule is CC1(C)OB(c2ccc3c(c2)NCC2(CC2)O3)OC1(C)C. The number of nitrogens with one attached hydrogen (secondary N) is 1. The summed E-state index contributed by atoms with van der Waals surface area (Å²) in [7, 11) is -0.320. The largest absolute Gasteiger partial charge is 0.494 e. The highest BCUT2D eigenvalue weighted by Gasteiger charge is 2.52. The lowest BCUT2D eigenvalue weighted by Crippen LogP contribution is -2.41. The molecule has 0 unspecified atom stereocenters. The molecule has 112 valence electrons. The van der Waals surface area contributed by atoms with E-state index in [1.54, 1.807) is 0 Å². The molecule has 1 aromatic rings. The maximum atomic E-state index is 6.10. The Morgan fingerprint density at radius 1 is 1.05 bits per heavy atom. The van der Waals surface area contributed by atoms with E-state index in [-0.39, 0.29) is 23.9 Å². The van der Waals surface area contributed by atoms with E-state index >= 15 is 0 Å². The molecule has 5 heteroatoms. The van der Waals surface area contributed by atoms with Gasteiger partial charge in [-0.2, -0.15) is 0 Å². The minimum Gasteiger partial charge on any atom is -0.483 e. The molecule has 2 fully saturated rings. The lowest BCUT2D eigenvalue weighted by Gasteiger charge is -2.32. The molecule has 1 saturated heterocycles. The van der Waals surface area contributed by atoms with Crippen LogP contribution < -0.4 is 15.5 Å². The lowest BCUT2D eigenvalue weighted by atomic mass is 9.79. The molecule has 1 spiro atoms. The fourth-order valence-electron chi connectivity index (χ4n) is 2.84. The summed E-state index contributed by atoms with van der Waals surface area (Å²) in [5.41, 5.74) is 1.53. The van der Waals surface area contributed by atoms with Crippen molar-refractivity contribution in [2.45, 2.75) is 57.3 Å². The minimum absolute atomic E-state index is 0.0683. The van der Waals surface area contributed by atoms with Crippen molar-refractivity contribution in [2.24, 2.45) is 0 Å². The number of benzene rings is 1. The van der Waals surface area contributed by atoms with Crippen LogP contribution in [0.5, 0.6) is 5.75 Å². The molecular formula is C16H22BNO3. The van der Waals surface area contributed by atoms with Gasteiger partial charge in [-0.25, -0.2) is 0 Å². The van der Waals surface area contributed by atoms with E-state index in [2.05, 4.69) is 39.1 Å². The topological polar surface area (TPSA) is 39.7 Å². The first-order chi connectivity index (χ1) is 9.80. The Bertz CT molecular complexity index is 579. The molecule has 0 radical (unpaired) electrons.